The third kappa shape index (κ3) is 3.82. The van der Waals surface area contributed by atoms with Crippen LogP contribution in [0.1, 0.15) is 65.2 Å². The minimum Gasteiger partial charge on any atom is -0.393 e. The number of aliphatic hydroxyl groups is 1. The molecule has 5 aliphatic rings. The van der Waals surface area contributed by atoms with Crippen molar-refractivity contribution in [2.45, 2.75) is 71.3 Å². The Balaban J connectivity index is 0.00000231. The predicted molar refractivity (Wildman–Crippen MR) is 121 cm³/mol. The maximum absolute atomic E-state index is 13.7. The van der Waals surface area contributed by atoms with Crippen molar-refractivity contribution in [1.82, 2.24) is 4.90 Å². The molecular weight excluding hydrogens is 414 g/mol. The van der Waals surface area contributed by atoms with Crippen LogP contribution in [0, 0.1) is 40.4 Å². The second-order valence-electron chi connectivity index (χ2n) is 11.6. The molecule has 0 aromatic carbocycles. The summed E-state index contributed by atoms with van der Waals surface area (Å²) in [4.78, 5) is 29.3. The second-order valence-corrected chi connectivity index (χ2v) is 11.6. The first-order valence-electron chi connectivity index (χ1n) is 12.4. The third-order valence-electron chi connectivity index (χ3n) is 10.2. The van der Waals surface area contributed by atoms with E-state index < -0.39 is 0 Å². The normalized spacial score (nSPS) is 47.6. The summed E-state index contributed by atoms with van der Waals surface area (Å²) < 4.78 is 5.43. The van der Waals surface area contributed by atoms with Crippen LogP contribution in [0.2, 0.25) is 0 Å². The van der Waals surface area contributed by atoms with Gasteiger partial charge in [-0.25, -0.2) is 0 Å². The Bertz CT molecular complexity index is 710. The zero-order valence-corrected chi connectivity index (χ0v) is 20.0. The average Bonchev–Trinajstić information content (AvgIpc) is 3.05. The lowest BCUT2D eigenvalue weighted by Crippen LogP contribution is -2.58. The van der Waals surface area contributed by atoms with Gasteiger partial charge in [-0.3, -0.25) is 14.5 Å². The molecule has 8 atom stereocenters. The van der Waals surface area contributed by atoms with Gasteiger partial charge >= 0.3 is 0 Å². The number of ether oxygens (including phenoxy) is 1. The molecule has 5 nitrogen and oxygen atoms in total. The molecule has 0 unspecified atom stereocenters. The Hall–Kier alpha value is -0.490. The van der Waals surface area contributed by atoms with E-state index in [0.717, 1.165) is 58.0 Å². The molecule has 4 saturated carbocycles. The van der Waals surface area contributed by atoms with Crippen LogP contribution in [0.4, 0.5) is 0 Å². The Morgan fingerprint density at radius 1 is 1.10 bits per heavy atom. The second kappa shape index (κ2) is 8.70. The van der Waals surface area contributed by atoms with Crippen LogP contribution >= 0.6 is 12.4 Å². The molecule has 31 heavy (non-hydrogen) atoms. The highest BCUT2D eigenvalue weighted by Gasteiger charge is 2.64. The van der Waals surface area contributed by atoms with Gasteiger partial charge < -0.3 is 9.84 Å². The van der Waals surface area contributed by atoms with Crippen LogP contribution in [-0.2, 0) is 14.3 Å². The van der Waals surface area contributed by atoms with Crippen molar-refractivity contribution in [1.29, 1.82) is 0 Å². The highest BCUT2D eigenvalue weighted by molar-refractivity contribution is 5.88. The fraction of sp³-hybridized carbons (Fsp3) is 0.920. The number of fused-ring (bicyclic) bond motifs is 5. The molecule has 6 heteroatoms. The summed E-state index contributed by atoms with van der Waals surface area (Å²) in [6.07, 6.45) is 7.40. The molecule has 5 rings (SSSR count). The van der Waals surface area contributed by atoms with E-state index >= 15 is 0 Å². The average molecular weight is 454 g/mol. The standard InChI is InChI=1S/C25H39NO4.ClH/c1-24-8-7-17(27)13-16(24)3-4-18-19-5-6-20(25(19,2)14-21(28)23(18)24)22(29)15-26-9-11-30-12-10-26;/h16-20,23,27H,3-15H2,1-2H3;1H/t16-,17+,18-,19-,20+,23+,24-,25-;/m0./s1. The first-order valence-corrected chi connectivity index (χ1v) is 12.4. The molecule has 5 fully saturated rings. The lowest BCUT2D eigenvalue weighted by atomic mass is 9.44. The van der Waals surface area contributed by atoms with Crippen molar-refractivity contribution in [3.05, 3.63) is 0 Å². The maximum Gasteiger partial charge on any atom is 0.150 e. The van der Waals surface area contributed by atoms with Crippen molar-refractivity contribution in [3.63, 3.8) is 0 Å². The van der Waals surface area contributed by atoms with E-state index in [1.807, 2.05) is 0 Å². The van der Waals surface area contributed by atoms with Crippen molar-refractivity contribution in [2.75, 3.05) is 32.8 Å². The quantitative estimate of drug-likeness (QED) is 0.708. The van der Waals surface area contributed by atoms with E-state index in [9.17, 15) is 14.7 Å². The number of carbonyl (C=O) groups excluding carboxylic acids is 2. The largest absolute Gasteiger partial charge is 0.393 e. The number of halogens is 1. The zero-order chi connectivity index (χ0) is 21.1. The number of morpholine rings is 1. The lowest BCUT2D eigenvalue weighted by Gasteiger charge is -2.59. The number of hydrogen-bond acceptors (Lipinski definition) is 5. The van der Waals surface area contributed by atoms with Crippen molar-refractivity contribution in [2.24, 2.45) is 40.4 Å². The summed E-state index contributed by atoms with van der Waals surface area (Å²) in [5.74, 6) is 2.39. The van der Waals surface area contributed by atoms with E-state index in [0.29, 0.717) is 55.5 Å². The molecule has 0 aromatic heterocycles. The van der Waals surface area contributed by atoms with Crippen LogP contribution in [-0.4, -0.2) is 60.5 Å². The number of nitrogens with zero attached hydrogens (tertiary/aromatic N) is 1. The molecule has 176 valence electrons. The molecular formula is C25H40ClNO4. The Kier molecular flexibility index (Phi) is 6.64. The fourth-order valence-electron chi connectivity index (χ4n) is 8.67. The summed E-state index contributed by atoms with van der Waals surface area (Å²) in [5.41, 5.74) is -0.102. The number of carbonyl (C=O) groups is 2. The molecule has 1 saturated heterocycles. The minimum atomic E-state index is -0.183. The summed E-state index contributed by atoms with van der Waals surface area (Å²) in [7, 11) is 0. The van der Waals surface area contributed by atoms with E-state index in [-0.39, 0.29) is 41.2 Å². The minimum absolute atomic E-state index is 0. The highest BCUT2D eigenvalue weighted by atomic mass is 35.5. The third-order valence-corrected chi connectivity index (χ3v) is 10.2. The van der Waals surface area contributed by atoms with E-state index in [1.165, 1.54) is 0 Å². The van der Waals surface area contributed by atoms with Gasteiger partial charge in [0.25, 0.3) is 0 Å². The van der Waals surface area contributed by atoms with Crippen LogP contribution < -0.4 is 0 Å². The smallest absolute Gasteiger partial charge is 0.150 e. The summed E-state index contributed by atoms with van der Waals surface area (Å²) >= 11 is 0. The molecule has 4 aliphatic carbocycles. The number of aliphatic hydroxyl groups excluding tert-OH is 1. The number of ketones is 2. The molecule has 1 aliphatic heterocycles. The SMILES string of the molecule is C[C@]12CC[C@@H](O)C[C@@H]1CC[C@H]1[C@@H]3CC[C@H](C(=O)CN4CCOCC4)[C@@]3(C)CC(=O)[C@@H]12.Cl. The van der Waals surface area contributed by atoms with Crippen LogP contribution in [0.15, 0.2) is 0 Å². The molecule has 0 aromatic rings. The Morgan fingerprint density at radius 3 is 2.58 bits per heavy atom. The van der Waals surface area contributed by atoms with Gasteiger partial charge in [-0.2, -0.15) is 0 Å². The van der Waals surface area contributed by atoms with Crippen molar-refractivity contribution >= 4 is 24.0 Å². The Morgan fingerprint density at radius 2 is 1.84 bits per heavy atom. The van der Waals surface area contributed by atoms with E-state index in [2.05, 4.69) is 18.7 Å². The molecule has 0 radical (unpaired) electrons. The molecule has 0 amide bonds. The van der Waals surface area contributed by atoms with Gasteiger partial charge in [0.1, 0.15) is 11.6 Å². The van der Waals surface area contributed by atoms with Crippen LogP contribution in [0.3, 0.4) is 0 Å². The van der Waals surface area contributed by atoms with Crippen LogP contribution in [0.5, 0.6) is 0 Å². The number of hydrogen-bond donors (Lipinski definition) is 1. The van der Waals surface area contributed by atoms with E-state index in [4.69, 9.17) is 4.74 Å². The van der Waals surface area contributed by atoms with Gasteiger partial charge in [0, 0.05) is 31.3 Å². The Labute approximate surface area is 193 Å². The number of rotatable bonds is 3. The topological polar surface area (TPSA) is 66.8 Å². The van der Waals surface area contributed by atoms with Crippen molar-refractivity contribution in [3.8, 4) is 0 Å². The lowest BCUT2D eigenvalue weighted by molar-refractivity contribution is -0.162. The monoisotopic (exact) mass is 453 g/mol. The predicted octanol–water partition coefficient (Wildman–Crippen LogP) is 3.51. The molecule has 0 bridgehead atoms. The molecule has 0 spiro atoms. The van der Waals surface area contributed by atoms with Crippen molar-refractivity contribution < 1.29 is 19.4 Å². The van der Waals surface area contributed by atoms with Gasteiger partial charge in [-0.05, 0) is 73.5 Å². The van der Waals surface area contributed by atoms with Gasteiger partial charge in [-0.15, -0.1) is 12.4 Å². The van der Waals surface area contributed by atoms with Gasteiger partial charge in [-0.1, -0.05) is 13.8 Å². The van der Waals surface area contributed by atoms with Gasteiger partial charge in [0.15, 0.2) is 0 Å². The van der Waals surface area contributed by atoms with Gasteiger partial charge in [0.05, 0.1) is 25.9 Å². The maximum atomic E-state index is 13.7. The van der Waals surface area contributed by atoms with Crippen LogP contribution in [0.25, 0.3) is 0 Å². The summed E-state index contributed by atoms with van der Waals surface area (Å²) in [5, 5.41) is 10.2. The number of Topliss-reactive ketones (excluding diaryl/α,β-unsaturated/α-hetero) is 2. The zero-order valence-electron chi connectivity index (χ0n) is 19.2. The van der Waals surface area contributed by atoms with Gasteiger partial charge in [0.2, 0.25) is 0 Å². The summed E-state index contributed by atoms with van der Waals surface area (Å²) in [6.45, 7) is 8.25. The fourth-order valence-corrected chi connectivity index (χ4v) is 8.67. The first kappa shape index (κ1) is 23.7. The molecule has 1 heterocycles. The summed E-state index contributed by atoms with van der Waals surface area (Å²) in [6, 6.07) is 0. The highest BCUT2D eigenvalue weighted by Crippen LogP contribution is 2.66. The van der Waals surface area contributed by atoms with E-state index in [1.54, 1.807) is 0 Å². The molecule has 1 N–H and O–H groups in total. The first-order chi connectivity index (χ1) is 14.3.